The van der Waals surface area contributed by atoms with Crippen LogP contribution in [0.2, 0.25) is 0 Å². The standard InChI is InChI=1S/C11H6N4O4.C5H11NO2/c12-6-7-1-2-8(5-9(7)15(18)19)14-10(16)3-4-13-11(14)17;1-3(2)4(6)5(7)8/h1-5H,(H,13,17);3-4H,6H2,1-2H3,(H,7,8)/t;4-/m.0/s1. The molecule has 142 valence electrons. The van der Waals surface area contributed by atoms with Gasteiger partial charge in [-0.3, -0.25) is 19.7 Å². The zero-order valence-electron chi connectivity index (χ0n) is 14.4. The molecule has 0 saturated heterocycles. The SMILES string of the molecule is CC(C)[C@H](N)C(=O)O.N#Cc1ccc(-n2c(=O)cc[nH]c2=O)cc1[N+](=O)[O-]. The van der Waals surface area contributed by atoms with Crippen LogP contribution >= 0.6 is 0 Å². The van der Waals surface area contributed by atoms with Crippen LogP contribution in [0, 0.1) is 27.4 Å². The van der Waals surface area contributed by atoms with Gasteiger partial charge in [0, 0.05) is 18.3 Å². The molecule has 1 aromatic carbocycles. The highest BCUT2D eigenvalue weighted by Crippen LogP contribution is 2.20. The Labute approximate surface area is 152 Å². The number of carboxylic acids is 1. The van der Waals surface area contributed by atoms with E-state index < -0.39 is 33.9 Å². The number of benzene rings is 1. The summed E-state index contributed by atoms with van der Waals surface area (Å²) in [6.45, 7) is 3.55. The molecule has 2 rings (SSSR count). The molecule has 0 bridgehead atoms. The molecule has 0 fully saturated rings. The Bertz CT molecular complexity index is 973. The molecule has 0 aliphatic carbocycles. The van der Waals surface area contributed by atoms with Crippen molar-refractivity contribution >= 4 is 11.7 Å². The van der Waals surface area contributed by atoms with Crippen molar-refractivity contribution in [1.29, 1.82) is 5.26 Å². The number of nitrogens with one attached hydrogen (secondary N) is 1. The number of nitrogens with two attached hydrogens (primary N) is 1. The van der Waals surface area contributed by atoms with E-state index in [0.29, 0.717) is 0 Å². The van der Waals surface area contributed by atoms with Crippen molar-refractivity contribution in [2.45, 2.75) is 19.9 Å². The van der Waals surface area contributed by atoms with Crippen molar-refractivity contribution in [2.75, 3.05) is 0 Å². The Hall–Kier alpha value is -3.78. The molecule has 4 N–H and O–H groups in total. The van der Waals surface area contributed by atoms with Gasteiger partial charge in [-0.25, -0.2) is 9.36 Å². The summed E-state index contributed by atoms with van der Waals surface area (Å²) in [5, 5.41) is 27.8. The van der Waals surface area contributed by atoms with Gasteiger partial charge in [-0.05, 0) is 18.1 Å². The van der Waals surface area contributed by atoms with Crippen molar-refractivity contribution in [2.24, 2.45) is 11.7 Å². The summed E-state index contributed by atoms with van der Waals surface area (Å²) in [5.41, 5.74) is 3.24. The van der Waals surface area contributed by atoms with Gasteiger partial charge in [-0.1, -0.05) is 13.8 Å². The van der Waals surface area contributed by atoms with Crippen LogP contribution < -0.4 is 17.0 Å². The topological polar surface area (TPSA) is 185 Å². The second kappa shape index (κ2) is 9.07. The molecular formula is C16H17N5O6. The van der Waals surface area contributed by atoms with Crippen LogP contribution in [0.4, 0.5) is 5.69 Å². The average molecular weight is 375 g/mol. The van der Waals surface area contributed by atoms with Crippen LogP contribution in [0.5, 0.6) is 0 Å². The molecule has 1 aromatic heterocycles. The number of aromatic amines is 1. The minimum atomic E-state index is -0.931. The first kappa shape index (κ1) is 21.3. The van der Waals surface area contributed by atoms with E-state index in [0.717, 1.165) is 16.7 Å². The second-order valence-electron chi connectivity index (χ2n) is 5.63. The van der Waals surface area contributed by atoms with Crippen LogP contribution in [-0.4, -0.2) is 31.6 Å². The molecule has 11 heteroatoms. The Balaban J connectivity index is 0.000000387. The van der Waals surface area contributed by atoms with E-state index in [1.165, 1.54) is 18.3 Å². The first-order chi connectivity index (χ1) is 12.6. The highest BCUT2D eigenvalue weighted by molar-refractivity contribution is 5.73. The number of carboxylic acid groups (broad SMARTS) is 1. The van der Waals surface area contributed by atoms with Gasteiger partial charge in [0.1, 0.15) is 17.7 Å². The lowest BCUT2D eigenvalue weighted by Gasteiger charge is -2.07. The summed E-state index contributed by atoms with van der Waals surface area (Å²) < 4.78 is 0.744. The van der Waals surface area contributed by atoms with Gasteiger partial charge < -0.3 is 15.8 Å². The first-order valence-electron chi connectivity index (χ1n) is 7.58. The molecule has 0 radical (unpaired) electrons. The van der Waals surface area contributed by atoms with E-state index in [9.17, 15) is 24.5 Å². The third-order valence-corrected chi connectivity index (χ3v) is 3.42. The van der Waals surface area contributed by atoms with Gasteiger partial charge in [-0.15, -0.1) is 0 Å². The Kier molecular flexibility index (Phi) is 7.14. The minimum absolute atomic E-state index is 0.0208. The number of aromatic nitrogens is 2. The van der Waals surface area contributed by atoms with Crippen molar-refractivity contribution in [3.63, 3.8) is 0 Å². The number of nitriles is 1. The number of rotatable bonds is 4. The van der Waals surface area contributed by atoms with Crippen LogP contribution in [0.15, 0.2) is 40.1 Å². The summed E-state index contributed by atoms with van der Waals surface area (Å²) in [6, 6.07) is 5.56. The molecule has 1 heterocycles. The number of aliphatic carboxylic acids is 1. The smallest absolute Gasteiger partial charge is 0.332 e. The van der Waals surface area contributed by atoms with Gasteiger partial charge in [0.25, 0.3) is 11.2 Å². The molecule has 0 amide bonds. The predicted molar refractivity (Wildman–Crippen MR) is 94.5 cm³/mol. The molecule has 11 nitrogen and oxygen atoms in total. The number of nitro benzene ring substituents is 1. The maximum absolute atomic E-state index is 11.6. The number of nitrogens with zero attached hydrogens (tertiary/aromatic N) is 3. The molecule has 0 aliphatic heterocycles. The molecule has 0 unspecified atom stereocenters. The molecule has 0 saturated carbocycles. The Morgan fingerprint density at radius 2 is 2.00 bits per heavy atom. The van der Waals surface area contributed by atoms with Crippen molar-refractivity contribution in [1.82, 2.24) is 9.55 Å². The van der Waals surface area contributed by atoms with Crippen LogP contribution in [0.1, 0.15) is 19.4 Å². The van der Waals surface area contributed by atoms with E-state index in [1.807, 2.05) is 0 Å². The van der Waals surface area contributed by atoms with Crippen molar-refractivity contribution in [3.05, 3.63) is 67.0 Å². The van der Waals surface area contributed by atoms with E-state index >= 15 is 0 Å². The lowest BCUT2D eigenvalue weighted by molar-refractivity contribution is -0.385. The van der Waals surface area contributed by atoms with Crippen molar-refractivity contribution < 1.29 is 14.8 Å². The summed E-state index contributed by atoms with van der Waals surface area (Å²) in [5.74, 6) is -0.910. The van der Waals surface area contributed by atoms with Crippen LogP contribution in [0.3, 0.4) is 0 Å². The number of H-pyrrole nitrogens is 1. The van der Waals surface area contributed by atoms with Gasteiger partial charge in [-0.2, -0.15) is 5.26 Å². The number of carbonyl (C=O) groups is 1. The molecule has 27 heavy (non-hydrogen) atoms. The predicted octanol–water partition coefficient (Wildman–Crippen LogP) is 0.360. The molecule has 0 aliphatic rings. The van der Waals surface area contributed by atoms with E-state index in [1.54, 1.807) is 19.9 Å². The number of hydrogen-bond donors (Lipinski definition) is 3. The van der Waals surface area contributed by atoms with Crippen molar-refractivity contribution in [3.8, 4) is 11.8 Å². The number of nitro groups is 1. The third-order valence-electron chi connectivity index (χ3n) is 3.42. The molecule has 0 spiro atoms. The fourth-order valence-electron chi connectivity index (χ4n) is 1.86. The lowest BCUT2D eigenvalue weighted by Crippen LogP contribution is -2.34. The van der Waals surface area contributed by atoms with Gasteiger partial charge in [0.2, 0.25) is 0 Å². The fourth-order valence-corrected chi connectivity index (χ4v) is 1.86. The second-order valence-corrected chi connectivity index (χ2v) is 5.63. The zero-order chi connectivity index (χ0) is 20.7. The maximum Gasteiger partial charge on any atom is 0.332 e. The van der Waals surface area contributed by atoms with E-state index in [4.69, 9.17) is 16.1 Å². The van der Waals surface area contributed by atoms with Gasteiger partial charge in [0.05, 0.1) is 10.6 Å². The molecular weight excluding hydrogens is 358 g/mol. The quantitative estimate of drug-likeness (QED) is 0.505. The first-order valence-corrected chi connectivity index (χ1v) is 7.58. The van der Waals surface area contributed by atoms with E-state index in [2.05, 4.69) is 4.98 Å². The Morgan fingerprint density at radius 3 is 2.41 bits per heavy atom. The summed E-state index contributed by atoms with van der Waals surface area (Å²) in [7, 11) is 0. The largest absolute Gasteiger partial charge is 0.480 e. The van der Waals surface area contributed by atoms with Gasteiger partial charge >= 0.3 is 11.7 Å². The minimum Gasteiger partial charge on any atom is -0.480 e. The molecule has 1 atom stereocenters. The van der Waals surface area contributed by atoms with E-state index in [-0.39, 0.29) is 17.2 Å². The highest BCUT2D eigenvalue weighted by atomic mass is 16.6. The number of hydrogen-bond acceptors (Lipinski definition) is 7. The maximum atomic E-state index is 11.6. The fraction of sp³-hybridized carbons (Fsp3) is 0.250. The molecule has 2 aromatic rings. The third kappa shape index (κ3) is 5.35. The summed E-state index contributed by atoms with van der Waals surface area (Å²) in [4.78, 5) is 45.5. The zero-order valence-corrected chi connectivity index (χ0v) is 14.4. The highest BCUT2D eigenvalue weighted by Gasteiger charge is 2.16. The Morgan fingerprint density at radius 1 is 1.37 bits per heavy atom. The monoisotopic (exact) mass is 375 g/mol. The summed E-state index contributed by atoms with van der Waals surface area (Å²) >= 11 is 0. The normalized spacial score (nSPS) is 11.1. The van der Waals surface area contributed by atoms with Gasteiger partial charge in [0.15, 0.2) is 0 Å². The average Bonchev–Trinajstić information content (AvgIpc) is 2.61. The van der Waals surface area contributed by atoms with Crippen LogP contribution in [0.25, 0.3) is 5.69 Å². The van der Waals surface area contributed by atoms with Crippen LogP contribution in [-0.2, 0) is 4.79 Å². The lowest BCUT2D eigenvalue weighted by atomic mass is 10.1. The summed E-state index contributed by atoms with van der Waals surface area (Å²) in [6.07, 6.45) is 1.18.